The first-order chi connectivity index (χ1) is 9.06. The van der Waals surface area contributed by atoms with Crippen LogP contribution in [0.25, 0.3) is 0 Å². The first kappa shape index (κ1) is 14.9. The predicted molar refractivity (Wildman–Crippen MR) is 72.3 cm³/mol. The topological polar surface area (TPSA) is 92.3 Å². The average molecular weight is 268 g/mol. The molecule has 1 rings (SSSR count). The zero-order valence-electron chi connectivity index (χ0n) is 11.7. The number of hydrogen-bond donors (Lipinski definition) is 2. The second-order valence-electron chi connectivity index (χ2n) is 4.04. The van der Waals surface area contributed by atoms with Crippen LogP contribution < -0.4 is 15.4 Å². The minimum absolute atomic E-state index is 0.0672. The summed E-state index contributed by atoms with van der Waals surface area (Å²) in [6.45, 7) is 2.91. The number of methoxy groups -OCH3 is 1. The Morgan fingerprint density at radius 3 is 2.37 bits per heavy atom. The Hall–Kier alpha value is -2.12. The van der Waals surface area contributed by atoms with Gasteiger partial charge < -0.3 is 20.3 Å². The molecule has 0 unspecified atom stereocenters. The van der Waals surface area contributed by atoms with E-state index >= 15 is 0 Å². The van der Waals surface area contributed by atoms with Crippen LogP contribution in [0.1, 0.15) is 13.3 Å². The Bertz CT molecular complexity index is 424. The molecular formula is C11H20N6O2. The zero-order valence-corrected chi connectivity index (χ0v) is 11.7. The van der Waals surface area contributed by atoms with Gasteiger partial charge in [0.15, 0.2) is 0 Å². The summed E-state index contributed by atoms with van der Waals surface area (Å²) in [4.78, 5) is 25.2. The summed E-state index contributed by atoms with van der Waals surface area (Å²) in [5, 5.41) is 5.89. The van der Waals surface area contributed by atoms with E-state index in [0.29, 0.717) is 11.9 Å². The number of nitrogens with zero attached hydrogens (tertiary/aromatic N) is 4. The summed E-state index contributed by atoms with van der Waals surface area (Å²) in [6, 6.07) is 0.202. The van der Waals surface area contributed by atoms with Crippen molar-refractivity contribution in [3.05, 3.63) is 0 Å². The van der Waals surface area contributed by atoms with Gasteiger partial charge in [-0.3, -0.25) is 4.79 Å². The van der Waals surface area contributed by atoms with Gasteiger partial charge in [0.2, 0.25) is 17.8 Å². The number of hydrogen-bond acceptors (Lipinski definition) is 7. The number of aromatic nitrogens is 3. The molecule has 19 heavy (non-hydrogen) atoms. The standard InChI is InChI=1S/C11H20N6O2/c1-5-6-12-9-14-10(16-11(15-9)19-4)13-7-8(18)17(2)3/h5-7H2,1-4H3,(H2,12,13,14,15,16). The Morgan fingerprint density at radius 1 is 1.21 bits per heavy atom. The maximum Gasteiger partial charge on any atom is 0.322 e. The predicted octanol–water partition coefficient (Wildman–Crippen LogP) is 0.202. The van der Waals surface area contributed by atoms with Gasteiger partial charge in [0.25, 0.3) is 0 Å². The quantitative estimate of drug-likeness (QED) is 0.729. The lowest BCUT2D eigenvalue weighted by molar-refractivity contribution is -0.126. The maximum atomic E-state index is 11.5. The van der Waals surface area contributed by atoms with Crippen LogP contribution in [0, 0.1) is 0 Å². The van der Waals surface area contributed by atoms with E-state index in [4.69, 9.17) is 4.74 Å². The van der Waals surface area contributed by atoms with E-state index < -0.39 is 0 Å². The molecule has 106 valence electrons. The van der Waals surface area contributed by atoms with Gasteiger partial charge in [-0.2, -0.15) is 15.0 Å². The molecule has 1 aromatic rings. The number of likely N-dealkylation sites (N-methyl/N-ethyl adjacent to an activating group) is 1. The first-order valence-electron chi connectivity index (χ1n) is 6.04. The number of amides is 1. The lowest BCUT2D eigenvalue weighted by Gasteiger charge is -2.12. The van der Waals surface area contributed by atoms with Crippen LogP contribution in [0.4, 0.5) is 11.9 Å². The molecule has 0 fully saturated rings. The molecule has 8 heteroatoms. The fraction of sp³-hybridized carbons (Fsp3) is 0.636. The van der Waals surface area contributed by atoms with E-state index in [0.717, 1.165) is 13.0 Å². The number of carbonyl (C=O) groups is 1. The summed E-state index contributed by atoms with van der Waals surface area (Å²) in [5.41, 5.74) is 0. The van der Waals surface area contributed by atoms with Crippen molar-refractivity contribution in [2.24, 2.45) is 0 Å². The molecule has 0 aliphatic heterocycles. The molecule has 1 amide bonds. The normalized spacial score (nSPS) is 9.89. The van der Waals surface area contributed by atoms with Crippen molar-refractivity contribution in [2.45, 2.75) is 13.3 Å². The van der Waals surface area contributed by atoms with Gasteiger partial charge in [0.1, 0.15) is 0 Å². The third-order valence-electron chi connectivity index (χ3n) is 2.23. The Labute approximate surface area is 112 Å². The van der Waals surface area contributed by atoms with E-state index in [1.54, 1.807) is 14.1 Å². The SMILES string of the molecule is CCCNc1nc(NCC(=O)N(C)C)nc(OC)n1. The van der Waals surface area contributed by atoms with E-state index in [-0.39, 0.29) is 18.5 Å². The van der Waals surface area contributed by atoms with Crippen molar-refractivity contribution in [2.75, 3.05) is 44.9 Å². The van der Waals surface area contributed by atoms with E-state index in [1.807, 2.05) is 6.92 Å². The molecule has 1 aromatic heterocycles. The van der Waals surface area contributed by atoms with E-state index in [2.05, 4.69) is 25.6 Å². The van der Waals surface area contributed by atoms with Gasteiger partial charge in [0, 0.05) is 20.6 Å². The van der Waals surface area contributed by atoms with Gasteiger partial charge in [-0.1, -0.05) is 6.92 Å². The molecule has 0 atom stereocenters. The molecule has 0 bridgehead atoms. The Kier molecular flexibility index (Phi) is 5.77. The first-order valence-corrected chi connectivity index (χ1v) is 6.04. The highest BCUT2D eigenvalue weighted by atomic mass is 16.5. The Morgan fingerprint density at radius 2 is 1.84 bits per heavy atom. The summed E-state index contributed by atoms with van der Waals surface area (Å²) in [5.74, 6) is 0.664. The summed E-state index contributed by atoms with van der Waals surface area (Å²) >= 11 is 0. The fourth-order valence-corrected chi connectivity index (χ4v) is 1.16. The highest BCUT2D eigenvalue weighted by Crippen LogP contribution is 2.10. The second-order valence-corrected chi connectivity index (χ2v) is 4.04. The van der Waals surface area contributed by atoms with Crippen LogP contribution in [0.3, 0.4) is 0 Å². The van der Waals surface area contributed by atoms with Gasteiger partial charge >= 0.3 is 6.01 Å². The van der Waals surface area contributed by atoms with Crippen LogP contribution in [0.15, 0.2) is 0 Å². The van der Waals surface area contributed by atoms with Crippen LogP contribution in [0.5, 0.6) is 6.01 Å². The van der Waals surface area contributed by atoms with Crippen molar-refractivity contribution >= 4 is 17.8 Å². The minimum Gasteiger partial charge on any atom is -0.467 e. The van der Waals surface area contributed by atoms with Crippen molar-refractivity contribution < 1.29 is 9.53 Å². The molecule has 0 radical (unpaired) electrons. The molecule has 0 aliphatic carbocycles. The number of ether oxygens (including phenoxy) is 1. The number of carbonyl (C=O) groups excluding carboxylic acids is 1. The van der Waals surface area contributed by atoms with Crippen LogP contribution in [-0.2, 0) is 4.79 Å². The number of nitrogens with one attached hydrogen (secondary N) is 2. The third-order valence-corrected chi connectivity index (χ3v) is 2.23. The molecule has 2 N–H and O–H groups in total. The molecule has 0 saturated carbocycles. The van der Waals surface area contributed by atoms with Crippen LogP contribution in [0.2, 0.25) is 0 Å². The van der Waals surface area contributed by atoms with Crippen LogP contribution in [-0.4, -0.2) is 60.1 Å². The van der Waals surface area contributed by atoms with Crippen molar-refractivity contribution in [3.8, 4) is 6.01 Å². The number of anilines is 2. The zero-order chi connectivity index (χ0) is 14.3. The second kappa shape index (κ2) is 7.34. The molecule has 8 nitrogen and oxygen atoms in total. The lowest BCUT2D eigenvalue weighted by Crippen LogP contribution is -2.29. The Balaban J connectivity index is 2.73. The summed E-state index contributed by atoms with van der Waals surface area (Å²) in [6.07, 6.45) is 0.954. The van der Waals surface area contributed by atoms with E-state index in [9.17, 15) is 4.79 Å². The summed E-state index contributed by atoms with van der Waals surface area (Å²) in [7, 11) is 4.85. The highest BCUT2D eigenvalue weighted by Gasteiger charge is 2.08. The van der Waals surface area contributed by atoms with Gasteiger partial charge in [-0.05, 0) is 6.42 Å². The molecule has 0 aromatic carbocycles. The smallest absolute Gasteiger partial charge is 0.322 e. The largest absolute Gasteiger partial charge is 0.467 e. The average Bonchev–Trinajstić information content (AvgIpc) is 2.42. The van der Waals surface area contributed by atoms with E-state index in [1.165, 1.54) is 12.0 Å². The molecule has 0 spiro atoms. The molecule has 0 saturated heterocycles. The van der Waals surface area contributed by atoms with Crippen molar-refractivity contribution in [1.29, 1.82) is 0 Å². The maximum absolute atomic E-state index is 11.5. The fourth-order valence-electron chi connectivity index (χ4n) is 1.16. The lowest BCUT2D eigenvalue weighted by atomic mass is 10.5. The van der Waals surface area contributed by atoms with Crippen LogP contribution >= 0.6 is 0 Å². The number of rotatable bonds is 7. The van der Waals surface area contributed by atoms with Crippen molar-refractivity contribution in [3.63, 3.8) is 0 Å². The molecular weight excluding hydrogens is 248 g/mol. The minimum atomic E-state index is -0.0672. The summed E-state index contributed by atoms with van der Waals surface area (Å²) < 4.78 is 4.99. The molecule has 0 aliphatic rings. The van der Waals surface area contributed by atoms with Gasteiger partial charge in [-0.15, -0.1) is 0 Å². The highest BCUT2D eigenvalue weighted by molar-refractivity contribution is 5.79. The van der Waals surface area contributed by atoms with Crippen molar-refractivity contribution in [1.82, 2.24) is 19.9 Å². The monoisotopic (exact) mass is 268 g/mol. The van der Waals surface area contributed by atoms with Gasteiger partial charge in [0.05, 0.1) is 13.7 Å². The third kappa shape index (κ3) is 4.94. The molecule has 1 heterocycles. The van der Waals surface area contributed by atoms with Gasteiger partial charge in [-0.25, -0.2) is 0 Å².